The van der Waals surface area contributed by atoms with Gasteiger partial charge in [-0.3, -0.25) is 0 Å². The van der Waals surface area contributed by atoms with Gasteiger partial charge in [0, 0.05) is 10.0 Å². The van der Waals surface area contributed by atoms with Crippen molar-refractivity contribution in [1.82, 2.24) is 15.0 Å². The number of hydrogen-bond acceptors (Lipinski definition) is 4. The Balaban J connectivity index is 1.93. The van der Waals surface area contributed by atoms with Gasteiger partial charge in [0.05, 0.1) is 30.1 Å². The molecule has 0 saturated heterocycles. The van der Waals surface area contributed by atoms with Crippen LogP contribution in [0.2, 0.25) is 0 Å². The Labute approximate surface area is 154 Å². The van der Waals surface area contributed by atoms with E-state index in [1.807, 2.05) is 0 Å². The van der Waals surface area contributed by atoms with Crippen LogP contribution in [0.15, 0.2) is 53.1 Å². The molecule has 1 aromatic heterocycles. The van der Waals surface area contributed by atoms with E-state index in [-0.39, 0.29) is 0 Å². The summed E-state index contributed by atoms with van der Waals surface area (Å²) in [5.74, 6) is -0.504. The first-order chi connectivity index (χ1) is 12.3. The van der Waals surface area contributed by atoms with Gasteiger partial charge in [-0.2, -0.15) is 13.2 Å². The minimum Gasteiger partial charge on any atom is -0.465 e. The van der Waals surface area contributed by atoms with E-state index < -0.39 is 17.7 Å². The number of hydrogen-bond donors (Lipinski definition) is 0. The summed E-state index contributed by atoms with van der Waals surface area (Å²) in [7, 11) is 1.28. The molecule has 0 aliphatic heterocycles. The van der Waals surface area contributed by atoms with Gasteiger partial charge in [-0.05, 0) is 30.3 Å². The van der Waals surface area contributed by atoms with Crippen LogP contribution in [0.25, 0.3) is 16.9 Å². The van der Waals surface area contributed by atoms with Crippen molar-refractivity contribution in [3.63, 3.8) is 0 Å². The fourth-order valence-electron chi connectivity index (χ4n) is 2.29. The van der Waals surface area contributed by atoms with E-state index in [2.05, 4.69) is 26.2 Å². The molecule has 0 fully saturated rings. The Morgan fingerprint density at radius 3 is 2.46 bits per heavy atom. The second-order valence-electron chi connectivity index (χ2n) is 5.31. The van der Waals surface area contributed by atoms with Crippen LogP contribution >= 0.6 is 15.9 Å². The van der Waals surface area contributed by atoms with Gasteiger partial charge in [-0.25, -0.2) is 9.48 Å². The maximum Gasteiger partial charge on any atom is 0.416 e. The Kier molecular flexibility index (Phi) is 4.82. The molecule has 0 radical (unpaired) electrons. The molecular formula is C17H11BrF3N3O2. The summed E-state index contributed by atoms with van der Waals surface area (Å²) >= 11 is 3.31. The largest absolute Gasteiger partial charge is 0.465 e. The van der Waals surface area contributed by atoms with Crippen molar-refractivity contribution in [2.75, 3.05) is 7.11 Å². The summed E-state index contributed by atoms with van der Waals surface area (Å²) in [5.41, 5.74) is 1.03. The Bertz CT molecular complexity index is 953. The highest BCUT2D eigenvalue weighted by atomic mass is 79.9. The minimum atomic E-state index is -4.39. The molecule has 0 aliphatic carbocycles. The van der Waals surface area contributed by atoms with Crippen molar-refractivity contribution in [3.05, 3.63) is 64.3 Å². The molecule has 0 unspecified atom stereocenters. The van der Waals surface area contributed by atoms with Crippen molar-refractivity contribution in [2.24, 2.45) is 0 Å². The lowest BCUT2D eigenvalue weighted by Crippen LogP contribution is -2.04. The second kappa shape index (κ2) is 6.91. The Hall–Kier alpha value is -2.68. The molecule has 0 atom stereocenters. The second-order valence-corrected chi connectivity index (χ2v) is 6.23. The molecule has 0 aliphatic rings. The number of halogens is 4. The predicted molar refractivity (Wildman–Crippen MR) is 90.8 cm³/mol. The smallest absolute Gasteiger partial charge is 0.416 e. The van der Waals surface area contributed by atoms with Crippen LogP contribution in [0, 0.1) is 0 Å². The maximum atomic E-state index is 12.6. The number of alkyl halides is 3. The highest BCUT2D eigenvalue weighted by Crippen LogP contribution is 2.30. The van der Waals surface area contributed by atoms with Crippen molar-refractivity contribution in [1.29, 1.82) is 0 Å². The molecule has 2 aromatic carbocycles. The number of carbonyl (C=O) groups excluding carboxylic acids is 1. The zero-order valence-electron chi connectivity index (χ0n) is 13.3. The molecule has 3 rings (SSSR count). The van der Waals surface area contributed by atoms with Gasteiger partial charge in [0.15, 0.2) is 0 Å². The van der Waals surface area contributed by atoms with E-state index in [0.29, 0.717) is 27.0 Å². The first kappa shape index (κ1) is 18.1. The van der Waals surface area contributed by atoms with Crippen LogP contribution in [-0.4, -0.2) is 28.1 Å². The number of esters is 1. The minimum absolute atomic E-state index is 0.323. The van der Waals surface area contributed by atoms with Crippen LogP contribution < -0.4 is 0 Å². The maximum absolute atomic E-state index is 12.6. The van der Waals surface area contributed by atoms with Crippen molar-refractivity contribution >= 4 is 21.9 Å². The molecule has 5 nitrogen and oxygen atoms in total. The van der Waals surface area contributed by atoms with Crippen LogP contribution in [0.1, 0.15) is 15.9 Å². The molecule has 0 bridgehead atoms. The number of methoxy groups -OCH3 is 1. The average molecular weight is 426 g/mol. The average Bonchev–Trinajstić information content (AvgIpc) is 3.10. The topological polar surface area (TPSA) is 57.0 Å². The predicted octanol–water partition coefficient (Wildman–Crippen LogP) is 4.50. The third kappa shape index (κ3) is 3.77. The molecule has 134 valence electrons. The molecule has 9 heteroatoms. The zero-order valence-corrected chi connectivity index (χ0v) is 14.9. The van der Waals surface area contributed by atoms with Gasteiger partial charge in [-0.15, -0.1) is 5.10 Å². The fourth-order valence-corrected chi connectivity index (χ4v) is 2.78. The van der Waals surface area contributed by atoms with E-state index in [9.17, 15) is 18.0 Å². The molecule has 0 N–H and O–H groups in total. The van der Waals surface area contributed by atoms with Crippen molar-refractivity contribution in [2.45, 2.75) is 6.18 Å². The summed E-state index contributed by atoms with van der Waals surface area (Å²) in [6, 6.07) is 9.53. The van der Waals surface area contributed by atoms with Gasteiger partial charge in [0.2, 0.25) is 0 Å². The number of benzene rings is 2. The lowest BCUT2D eigenvalue weighted by atomic mass is 10.1. The summed E-state index contributed by atoms with van der Waals surface area (Å²) in [4.78, 5) is 11.7. The van der Waals surface area contributed by atoms with Gasteiger partial charge in [0.1, 0.15) is 5.69 Å². The molecule has 3 aromatic rings. The van der Waals surface area contributed by atoms with Crippen LogP contribution in [-0.2, 0) is 10.9 Å². The summed E-state index contributed by atoms with van der Waals surface area (Å²) in [6.07, 6.45) is -2.83. The molecule has 26 heavy (non-hydrogen) atoms. The number of nitrogens with zero attached hydrogens (tertiary/aromatic N) is 3. The third-order valence-electron chi connectivity index (χ3n) is 3.57. The van der Waals surface area contributed by atoms with E-state index in [4.69, 9.17) is 4.74 Å². The number of aromatic nitrogens is 3. The van der Waals surface area contributed by atoms with Crippen LogP contribution in [0.5, 0.6) is 0 Å². The third-order valence-corrected chi connectivity index (χ3v) is 4.03. The highest BCUT2D eigenvalue weighted by Gasteiger charge is 2.30. The summed E-state index contributed by atoms with van der Waals surface area (Å²) < 4.78 is 44.7. The van der Waals surface area contributed by atoms with Gasteiger partial charge in [0.25, 0.3) is 0 Å². The van der Waals surface area contributed by atoms with E-state index in [1.54, 1.807) is 24.4 Å². The molecule has 0 saturated carbocycles. The Morgan fingerprint density at radius 2 is 1.85 bits per heavy atom. The lowest BCUT2D eigenvalue weighted by Gasteiger charge is -2.06. The lowest BCUT2D eigenvalue weighted by molar-refractivity contribution is -0.137. The van der Waals surface area contributed by atoms with Crippen molar-refractivity contribution in [3.8, 4) is 16.9 Å². The number of ether oxygens (including phenoxy) is 1. The number of carbonyl (C=O) groups is 1. The Morgan fingerprint density at radius 1 is 1.15 bits per heavy atom. The fraction of sp³-hybridized carbons (Fsp3) is 0.118. The van der Waals surface area contributed by atoms with E-state index in [0.717, 1.165) is 12.1 Å². The SMILES string of the molecule is COC(=O)c1cc(Br)cc(-n2cc(-c3ccc(C(F)(F)F)cc3)nn2)c1. The van der Waals surface area contributed by atoms with Crippen LogP contribution in [0.3, 0.4) is 0 Å². The van der Waals surface area contributed by atoms with E-state index in [1.165, 1.54) is 23.9 Å². The van der Waals surface area contributed by atoms with E-state index >= 15 is 0 Å². The molecule has 1 heterocycles. The molecule has 0 spiro atoms. The monoisotopic (exact) mass is 425 g/mol. The number of rotatable bonds is 3. The normalized spacial score (nSPS) is 11.4. The van der Waals surface area contributed by atoms with Gasteiger partial charge in [-0.1, -0.05) is 33.3 Å². The summed E-state index contributed by atoms with van der Waals surface area (Å²) in [5, 5.41) is 7.95. The molecular weight excluding hydrogens is 415 g/mol. The highest BCUT2D eigenvalue weighted by molar-refractivity contribution is 9.10. The van der Waals surface area contributed by atoms with Crippen LogP contribution in [0.4, 0.5) is 13.2 Å². The standard InChI is InChI=1S/C17H11BrF3N3O2/c1-26-16(25)11-6-13(18)8-14(7-11)24-9-15(22-23-24)10-2-4-12(5-3-10)17(19,20)21/h2-9H,1H3. The first-order valence-corrected chi connectivity index (χ1v) is 8.06. The van der Waals surface area contributed by atoms with Gasteiger partial charge >= 0.3 is 12.1 Å². The molecule has 0 amide bonds. The zero-order chi connectivity index (χ0) is 18.9. The van der Waals surface area contributed by atoms with Crippen molar-refractivity contribution < 1.29 is 22.7 Å². The quantitative estimate of drug-likeness (QED) is 0.579. The first-order valence-electron chi connectivity index (χ1n) is 7.27. The van der Waals surface area contributed by atoms with Gasteiger partial charge < -0.3 is 4.74 Å². The summed E-state index contributed by atoms with van der Waals surface area (Å²) in [6.45, 7) is 0.